The molecule has 4 nitrogen and oxygen atoms in total. The second-order valence-electron chi connectivity index (χ2n) is 4.39. The van der Waals surface area contributed by atoms with Crippen molar-refractivity contribution < 1.29 is 9.90 Å². The van der Waals surface area contributed by atoms with Crippen LogP contribution in [0.3, 0.4) is 0 Å². The Morgan fingerprint density at radius 1 is 1.33 bits per heavy atom. The van der Waals surface area contributed by atoms with Crippen molar-refractivity contribution in [2.45, 2.75) is 13.3 Å². The summed E-state index contributed by atoms with van der Waals surface area (Å²) in [5.74, 6) is -0.862. The SMILES string of the molecule is Cc1cccc2c1ccn1cc(CC(=O)O)nc21. The molecule has 0 atom stereocenters. The largest absolute Gasteiger partial charge is 0.481 e. The minimum absolute atomic E-state index is 0.0466. The molecule has 0 aliphatic rings. The highest BCUT2D eigenvalue weighted by Gasteiger charge is 2.09. The maximum Gasteiger partial charge on any atom is 0.309 e. The Labute approximate surface area is 104 Å². The number of nitrogens with zero attached hydrogens (tertiary/aromatic N) is 2. The van der Waals surface area contributed by atoms with E-state index < -0.39 is 5.97 Å². The Balaban J connectivity index is 2.30. The van der Waals surface area contributed by atoms with Crippen molar-refractivity contribution in [3.8, 4) is 0 Å². The lowest BCUT2D eigenvalue weighted by Crippen LogP contribution is -1.99. The van der Waals surface area contributed by atoms with Crippen molar-refractivity contribution in [3.05, 3.63) is 47.9 Å². The molecule has 2 heterocycles. The molecule has 0 spiro atoms. The maximum absolute atomic E-state index is 10.7. The first-order valence-corrected chi connectivity index (χ1v) is 5.73. The molecule has 3 rings (SSSR count). The molecule has 4 heteroatoms. The molecule has 0 fully saturated rings. The van der Waals surface area contributed by atoms with Gasteiger partial charge in [-0.3, -0.25) is 4.79 Å². The summed E-state index contributed by atoms with van der Waals surface area (Å²) in [7, 11) is 0. The van der Waals surface area contributed by atoms with Crippen LogP contribution in [-0.4, -0.2) is 20.5 Å². The molecular formula is C14H12N2O2. The first-order valence-electron chi connectivity index (χ1n) is 5.73. The molecule has 90 valence electrons. The van der Waals surface area contributed by atoms with E-state index in [1.807, 2.05) is 28.8 Å². The van der Waals surface area contributed by atoms with Crippen molar-refractivity contribution in [1.82, 2.24) is 9.38 Å². The van der Waals surface area contributed by atoms with Gasteiger partial charge in [0.05, 0.1) is 12.1 Å². The predicted molar refractivity (Wildman–Crippen MR) is 68.8 cm³/mol. The normalized spacial score (nSPS) is 11.2. The average molecular weight is 240 g/mol. The fraction of sp³-hybridized carbons (Fsp3) is 0.143. The van der Waals surface area contributed by atoms with E-state index in [0.29, 0.717) is 5.69 Å². The Bertz CT molecular complexity index is 759. The molecule has 0 amide bonds. The number of aliphatic carboxylic acids is 1. The van der Waals surface area contributed by atoms with E-state index in [2.05, 4.69) is 18.0 Å². The molecule has 0 unspecified atom stereocenters. The molecule has 0 saturated heterocycles. The number of benzene rings is 1. The van der Waals surface area contributed by atoms with Crippen LogP contribution in [0.2, 0.25) is 0 Å². The topological polar surface area (TPSA) is 54.6 Å². The monoisotopic (exact) mass is 240 g/mol. The van der Waals surface area contributed by atoms with Crippen LogP contribution in [0.4, 0.5) is 0 Å². The van der Waals surface area contributed by atoms with Crippen molar-refractivity contribution in [2.75, 3.05) is 0 Å². The third kappa shape index (κ3) is 1.62. The van der Waals surface area contributed by atoms with E-state index in [9.17, 15) is 4.79 Å². The van der Waals surface area contributed by atoms with Crippen LogP contribution in [0.1, 0.15) is 11.3 Å². The number of carbonyl (C=O) groups is 1. The Hall–Kier alpha value is -2.36. The van der Waals surface area contributed by atoms with Crippen molar-refractivity contribution in [1.29, 1.82) is 0 Å². The number of hydrogen-bond acceptors (Lipinski definition) is 2. The number of aryl methyl sites for hydroxylation is 1. The summed E-state index contributed by atoms with van der Waals surface area (Å²) in [6.45, 7) is 2.06. The van der Waals surface area contributed by atoms with Gasteiger partial charge in [0.15, 0.2) is 0 Å². The zero-order chi connectivity index (χ0) is 12.7. The number of carboxylic acid groups (broad SMARTS) is 1. The van der Waals surface area contributed by atoms with E-state index in [1.54, 1.807) is 6.20 Å². The summed E-state index contributed by atoms with van der Waals surface area (Å²) >= 11 is 0. The molecule has 2 aromatic heterocycles. The fourth-order valence-electron chi connectivity index (χ4n) is 2.25. The van der Waals surface area contributed by atoms with Crippen LogP contribution >= 0.6 is 0 Å². The molecule has 0 saturated carbocycles. The minimum Gasteiger partial charge on any atom is -0.481 e. The second-order valence-corrected chi connectivity index (χ2v) is 4.39. The van der Waals surface area contributed by atoms with Crippen molar-refractivity contribution in [2.24, 2.45) is 0 Å². The molecule has 3 aromatic rings. The molecule has 1 aromatic carbocycles. The zero-order valence-electron chi connectivity index (χ0n) is 9.92. The van der Waals surface area contributed by atoms with Gasteiger partial charge < -0.3 is 9.51 Å². The minimum atomic E-state index is -0.862. The number of rotatable bonds is 2. The van der Waals surface area contributed by atoms with Gasteiger partial charge in [-0.15, -0.1) is 0 Å². The number of imidazole rings is 1. The van der Waals surface area contributed by atoms with Gasteiger partial charge in [0.1, 0.15) is 5.65 Å². The Morgan fingerprint density at radius 2 is 2.17 bits per heavy atom. The van der Waals surface area contributed by atoms with Gasteiger partial charge in [-0.1, -0.05) is 18.2 Å². The van der Waals surface area contributed by atoms with E-state index in [-0.39, 0.29) is 6.42 Å². The first kappa shape index (κ1) is 10.8. The zero-order valence-corrected chi connectivity index (χ0v) is 9.92. The van der Waals surface area contributed by atoms with Crippen LogP contribution in [0.15, 0.2) is 36.7 Å². The van der Waals surface area contributed by atoms with Gasteiger partial charge in [0.2, 0.25) is 0 Å². The molecule has 0 radical (unpaired) electrons. The Kier molecular flexibility index (Phi) is 2.30. The summed E-state index contributed by atoms with van der Waals surface area (Å²) in [5.41, 5.74) is 2.58. The van der Waals surface area contributed by atoms with Crippen LogP contribution in [0, 0.1) is 6.92 Å². The lowest BCUT2D eigenvalue weighted by atomic mass is 10.1. The third-order valence-electron chi connectivity index (χ3n) is 3.08. The van der Waals surface area contributed by atoms with Crippen molar-refractivity contribution in [3.63, 3.8) is 0 Å². The summed E-state index contributed by atoms with van der Waals surface area (Å²) < 4.78 is 1.88. The van der Waals surface area contributed by atoms with E-state index in [1.165, 1.54) is 5.56 Å². The van der Waals surface area contributed by atoms with Gasteiger partial charge in [0.25, 0.3) is 0 Å². The van der Waals surface area contributed by atoms with Crippen LogP contribution < -0.4 is 0 Å². The van der Waals surface area contributed by atoms with Crippen molar-refractivity contribution >= 4 is 22.4 Å². The molecular weight excluding hydrogens is 228 g/mol. The predicted octanol–water partition coefficient (Wildman–Crippen LogP) is 2.42. The van der Waals surface area contributed by atoms with Gasteiger partial charge in [-0.25, -0.2) is 4.98 Å². The lowest BCUT2D eigenvalue weighted by Gasteiger charge is -2.02. The van der Waals surface area contributed by atoms with E-state index >= 15 is 0 Å². The number of pyridine rings is 1. The number of hydrogen-bond donors (Lipinski definition) is 1. The van der Waals surface area contributed by atoms with Crippen LogP contribution in [0.25, 0.3) is 16.4 Å². The lowest BCUT2D eigenvalue weighted by molar-refractivity contribution is -0.136. The summed E-state index contributed by atoms with van der Waals surface area (Å²) in [6.07, 6.45) is 3.64. The second kappa shape index (κ2) is 3.84. The molecule has 0 aliphatic heterocycles. The molecule has 1 N–H and O–H groups in total. The van der Waals surface area contributed by atoms with Gasteiger partial charge in [0, 0.05) is 17.8 Å². The highest BCUT2D eigenvalue weighted by atomic mass is 16.4. The molecule has 18 heavy (non-hydrogen) atoms. The summed E-state index contributed by atoms with van der Waals surface area (Å²) in [4.78, 5) is 15.1. The Morgan fingerprint density at radius 3 is 2.94 bits per heavy atom. The van der Waals surface area contributed by atoms with Gasteiger partial charge in [-0.05, 0) is 23.9 Å². The summed E-state index contributed by atoms with van der Waals surface area (Å²) in [6, 6.07) is 8.09. The first-order chi connectivity index (χ1) is 8.65. The smallest absolute Gasteiger partial charge is 0.309 e. The number of aromatic nitrogens is 2. The summed E-state index contributed by atoms with van der Waals surface area (Å²) in [5, 5.41) is 11.0. The van der Waals surface area contributed by atoms with Crippen LogP contribution in [-0.2, 0) is 11.2 Å². The third-order valence-corrected chi connectivity index (χ3v) is 3.08. The van der Waals surface area contributed by atoms with E-state index in [0.717, 1.165) is 16.4 Å². The fourth-order valence-corrected chi connectivity index (χ4v) is 2.25. The van der Waals surface area contributed by atoms with Gasteiger partial charge in [-0.2, -0.15) is 0 Å². The molecule has 0 bridgehead atoms. The highest BCUT2D eigenvalue weighted by Crippen LogP contribution is 2.22. The van der Waals surface area contributed by atoms with Gasteiger partial charge >= 0.3 is 5.97 Å². The quantitative estimate of drug-likeness (QED) is 0.748. The highest BCUT2D eigenvalue weighted by molar-refractivity contribution is 5.96. The number of fused-ring (bicyclic) bond motifs is 3. The van der Waals surface area contributed by atoms with Crippen LogP contribution in [0.5, 0.6) is 0 Å². The average Bonchev–Trinajstić information content (AvgIpc) is 2.71. The number of carboxylic acids is 1. The van der Waals surface area contributed by atoms with E-state index in [4.69, 9.17) is 5.11 Å². The molecule has 0 aliphatic carbocycles. The standard InChI is InChI=1S/C14H12N2O2/c1-9-3-2-4-12-11(9)5-6-16-8-10(7-13(17)18)15-14(12)16/h2-6,8H,7H2,1H3,(H,17,18). The maximum atomic E-state index is 10.7.